The van der Waals surface area contributed by atoms with Gasteiger partial charge in [0.2, 0.25) is 0 Å². The first-order chi connectivity index (χ1) is 16.1. The number of fused-ring (bicyclic) bond motifs is 1. The zero-order valence-electron chi connectivity index (χ0n) is 19.2. The van der Waals surface area contributed by atoms with Gasteiger partial charge in [-0.2, -0.15) is 0 Å². The van der Waals surface area contributed by atoms with E-state index in [0.29, 0.717) is 39.7 Å². The molecule has 1 aromatic carbocycles. The van der Waals surface area contributed by atoms with Crippen molar-refractivity contribution in [1.29, 1.82) is 0 Å². The largest absolute Gasteiger partial charge is 0.490 e. The Kier molecular flexibility index (Phi) is 7.15. The van der Waals surface area contributed by atoms with Gasteiger partial charge in [-0.15, -0.1) is 0 Å². The van der Waals surface area contributed by atoms with Gasteiger partial charge < -0.3 is 19.4 Å². The maximum Gasteiger partial charge on any atom is 0.490 e. The normalized spacial score (nSPS) is 11.9. The maximum atomic E-state index is 14.9. The van der Waals surface area contributed by atoms with Crippen LogP contribution in [0.5, 0.6) is 0 Å². The van der Waals surface area contributed by atoms with Crippen molar-refractivity contribution in [2.45, 2.75) is 32.4 Å². The van der Waals surface area contributed by atoms with Gasteiger partial charge in [0.05, 0.1) is 28.7 Å². The van der Waals surface area contributed by atoms with Gasteiger partial charge in [0.15, 0.2) is 0 Å². The summed E-state index contributed by atoms with van der Waals surface area (Å²) < 4.78 is 22.6. The van der Waals surface area contributed by atoms with Crippen LogP contribution in [0.15, 0.2) is 48.9 Å². The van der Waals surface area contributed by atoms with E-state index < -0.39 is 21.0 Å². The molecule has 2 N–H and O–H groups in total. The van der Waals surface area contributed by atoms with Crippen LogP contribution in [-0.2, 0) is 11.5 Å². The number of rotatable bonds is 8. The number of nitrogens with zero attached hydrogens (tertiary/aromatic N) is 4. The highest BCUT2D eigenvalue weighted by Gasteiger charge is 2.21. The lowest BCUT2D eigenvalue weighted by Gasteiger charge is -2.16. The Hall–Kier alpha value is -2.63. The van der Waals surface area contributed by atoms with E-state index in [0.717, 1.165) is 6.04 Å². The van der Waals surface area contributed by atoms with Crippen LogP contribution >= 0.6 is 11.6 Å². The average Bonchev–Trinajstić information content (AvgIpc) is 3.20. The molecule has 0 fully saturated rings. The van der Waals surface area contributed by atoms with Crippen LogP contribution in [0.3, 0.4) is 0 Å². The molecular weight excluding hydrogens is 474 g/mol. The molecule has 4 rings (SSSR count). The molecular formula is C23H25BClFN4O3Si. The fourth-order valence-electron chi connectivity index (χ4n) is 3.47. The van der Waals surface area contributed by atoms with Crippen LogP contribution in [0, 0.1) is 5.82 Å². The van der Waals surface area contributed by atoms with Crippen molar-refractivity contribution in [3.63, 3.8) is 0 Å². The molecule has 176 valence electrons. The highest BCUT2D eigenvalue weighted by atomic mass is 35.5. The second-order valence-corrected chi connectivity index (χ2v) is 15.3. The lowest BCUT2D eigenvalue weighted by Crippen LogP contribution is -2.30. The zero-order valence-corrected chi connectivity index (χ0v) is 20.9. The zero-order chi connectivity index (χ0) is 24.5. The van der Waals surface area contributed by atoms with Gasteiger partial charge in [-0.25, -0.2) is 14.4 Å². The van der Waals surface area contributed by atoms with Gasteiger partial charge in [0.25, 0.3) is 0 Å². The number of pyridine rings is 2. The van der Waals surface area contributed by atoms with Crippen LogP contribution in [0.4, 0.5) is 4.39 Å². The van der Waals surface area contributed by atoms with Crippen molar-refractivity contribution in [2.75, 3.05) is 6.61 Å². The predicted octanol–water partition coefficient (Wildman–Crippen LogP) is 3.94. The number of hydrogen-bond donors (Lipinski definition) is 2. The number of benzene rings is 1. The van der Waals surface area contributed by atoms with Crippen LogP contribution < -0.4 is 5.46 Å². The molecule has 0 bridgehead atoms. The second-order valence-electron chi connectivity index (χ2n) is 9.26. The summed E-state index contributed by atoms with van der Waals surface area (Å²) in [5.41, 5.74) is 2.97. The SMILES string of the molecule is C[Si](C)(C)CCOCn1cnc(-c2ccc3ncc(B(O)O)cc3n2)c1-c1cc(Cl)ccc1F. The summed E-state index contributed by atoms with van der Waals surface area (Å²) >= 11 is 6.19. The van der Waals surface area contributed by atoms with E-state index in [1.807, 2.05) is 0 Å². The van der Waals surface area contributed by atoms with E-state index in [4.69, 9.17) is 16.3 Å². The molecule has 0 amide bonds. The summed E-state index contributed by atoms with van der Waals surface area (Å²) in [6, 6.07) is 10.4. The van der Waals surface area contributed by atoms with E-state index in [9.17, 15) is 14.4 Å². The molecule has 0 spiro atoms. The molecule has 0 aliphatic heterocycles. The molecule has 34 heavy (non-hydrogen) atoms. The summed E-state index contributed by atoms with van der Waals surface area (Å²) in [6.07, 6.45) is 2.98. The van der Waals surface area contributed by atoms with Gasteiger partial charge in [-0.1, -0.05) is 31.2 Å². The van der Waals surface area contributed by atoms with Crippen LogP contribution in [-0.4, -0.2) is 51.4 Å². The minimum absolute atomic E-state index is 0.203. The number of imidazole rings is 1. The number of ether oxygens (including phenoxy) is 1. The Morgan fingerprint density at radius 2 is 1.88 bits per heavy atom. The third-order valence-electron chi connectivity index (χ3n) is 5.35. The topological polar surface area (TPSA) is 93.3 Å². The van der Waals surface area contributed by atoms with Gasteiger partial charge in [0.1, 0.15) is 18.2 Å². The van der Waals surface area contributed by atoms with E-state index in [1.165, 1.54) is 18.3 Å². The van der Waals surface area contributed by atoms with Gasteiger partial charge in [0, 0.05) is 36.9 Å². The third kappa shape index (κ3) is 5.53. The fourth-order valence-corrected chi connectivity index (χ4v) is 4.39. The Morgan fingerprint density at radius 3 is 2.62 bits per heavy atom. The molecule has 4 aromatic rings. The van der Waals surface area contributed by atoms with E-state index in [2.05, 4.69) is 34.6 Å². The highest BCUT2D eigenvalue weighted by molar-refractivity contribution is 6.76. The monoisotopic (exact) mass is 498 g/mol. The summed E-state index contributed by atoms with van der Waals surface area (Å²) in [5, 5.41) is 19.4. The second kappa shape index (κ2) is 9.93. The first-order valence-corrected chi connectivity index (χ1v) is 14.9. The molecule has 0 aliphatic carbocycles. The number of hydrogen-bond acceptors (Lipinski definition) is 6. The van der Waals surface area contributed by atoms with Crippen molar-refractivity contribution in [2.24, 2.45) is 0 Å². The molecule has 0 atom stereocenters. The minimum Gasteiger partial charge on any atom is -0.423 e. The molecule has 11 heteroatoms. The standard InChI is InChI=1S/C23H25BClFN4O3Si/c1-34(2,3)9-8-33-14-30-13-28-22(23(30)17-11-16(25)4-5-18(17)26)20-7-6-19-21(29-20)10-15(12-27-19)24(31)32/h4-7,10-13,31-32H,8-9,14H2,1-3H3. The van der Waals surface area contributed by atoms with Crippen LogP contribution in [0.1, 0.15) is 0 Å². The minimum atomic E-state index is -1.66. The van der Waals surface area contributed by atoms with E-state index >= 15 is 0 Å². The van der Waals surface area contributed by atoms with Crippen LogP contribution in [0.25, 0.3) is 33.7 Å². The Bertz CT molecular complexity index is 1330. The number of halogens is 2. The molecule has 0 saturated heterocycles. The third-order valence-corrected chi connectivity index (χ3v) is 7.29. The van der Waals surface area contributed by atoms with Crippen molar-refractivity contribution >= 4 is 43.3 Å². The van der Waals surface area contributed by atoms with Crippen molar-refractivity contribution in [1.82, 2.24) is 19.5 Å². The maximum absolute atomic E-state index is 14.9. The molecule has 3 heterocycles. The van der Waals surface area contributed by atoms with Gasteiger partial charge in [-0.05, 0) is 42.4 Å². The molecule has 0 saturated carbocycles. The fraction of sp³-hybridized carbons (Fsp3) is 0.261. The van der Waals surface area contributed by atoms with E-state index in [1.54, 1.807) is 35.2 Å². The lowest BCUT2D eigenvalue weighted by molar-refractivity contribution is 0.0882. The summed E-state index contributed by atoms with van der Waals surface area (Å²) in [5.74, 6) is -0.442. The molecule has 0 radical (unpaired) electrons. The first-order valence-electron chi connectivity index (χ1n) is 10.8. The molecule has 3 aromatic heterocycles. The Balaban J connectivity index is 1.78. The molecule has 0 aliphatic rings. The quantitative estimate of drug-likeness (QED) is 0.282. The summed E-state index contributed by atoms with van der Waals surface area (Å²) in [4.78, 5) is 13.4. The van der Waals surface area contributed by atoms with Crippen LogP contribution in [0.2, 0.25) is 30.7 Å². The van der Waals surface area contributed by atoms with Crippen molar-refractivity contribution in [3.05, 3.63) is 59.8 Å². The highest BCUT2D eigenvalue weighted by Crippen LogP contribution is 2.34. The lowest BCUT2D eigenvalue weighted by atomic mass is 9.81. The van der Waals surface area contributed by atoms with E-state index in [-0.39, 0.29) is 17.8 Å². The first kappa shape index (κ1) is 24.5. The number of aromatic nitrogens is 4. The molecule has 0 unspecified atom stereocenters. The summed E-state index contributed by atoms with van der Waals surface area (Å²) in [7, 11) is -2.92. The Morgan fingerprint density at radius 1 is 1.09 bits per heavy atom. The smallest absolute Gasteiger partial charge is 0.423 e. The van der Waals surface area contributed by atoms with Crippen molar-refractivity contribution < 1.29 is 19.2 Å². The molecule has 7 nitrogen and oxygen atoms in total. The van der Waals surface area contributed by atoms with Crippen molar-refractivity contribution in [3.8, 4) is 22.6 Å². The Labute approximate surface area is 203 Å². The average molecular weight is 499 g/mol. The van der Waals surface area contributed by atoms with Gasteiger partial charge in [-0.3, -0.25) is 4.98 Å². The predicted molar refractivity (Wildman–Crippen MR) is 135 cm³/mol. The summed E-state index contributed by atoms with van der Waals surface area (Å²) in [6.45, 7) is 7.64. The van der Waals surface area contributed by atoms with Gasteiger partial charge >= 0.3 is 7.12 Å².